The summed E-state index contributed by atoms with van der Waals surface area (Å²) >= 11 is 0. The minimum absolute atomic E-state index is 0.0733. The van der Waals surface area contributed by atoms with Crippen LogP contribution in [-0.4, -0.2) is 66.5 Å². The highest BCUT2D eigenvalue weighted by atomic mass is 32.2. The zero-order valence-electron chi connectivity index (χ0n) is 19.8. The summed E-state index contributed by atoms with van der Waals surface area (Å²) in [6.45, 7) is 0.481. The molecule has 204 valence electrons. The molecular weight excluding hydrogens is 528 g/mol. The number of aromatic nitrogens is 2. The molecule has 1 amide bonds. The third kappa shape index (κ3) is 6.20. The van der Waals surface area contributed by atoms with Crippen molar-refractivity contribution >= 4 is 21.7 Å². The van der Waals surface area contributed by atoms with Gasteiger partial charge in [-0.25, -0.2) is 13.2 Å². The number of halogens is 6. The van der Waals surface area contributed by atoms with E-state index < -0.39 is 45.1 Å². The van der Waals surface area contributed by atoms with Crippen LogP contribution < -0.4 is 4.72 Å². The number of likely N-dealkylation sites (tertiary alicyclic amines) is 1. The molecule has 0 radical (unpaired) electrons. The maximum Gasteiger partial charge on any atom is 0.416 e. The van der Waals surface area contributed by atoms with Crippen LogP contribution in [0.2, 0.25) is 0 Å². The summed E-state index contributed by atoms with van der Waals surface area (Å²) in [6.07, 6.45) is -4.94. The van der Waals surface area contributed by atoms with E-state index in [0.717, 1.165) is 10.9 Å². The number of carbonyl (C=O) groups excluding carboxylic acids is 1. The van der Waals surface area contributed by atoms with E-state index in [9.17, 15) is 39.6 Å². The van der Waals surface area contributed by atoms with Crippen LogP contribution in [0.25, 0.3) is 0 Å². The van der Waals surface area contributed by atoms with Gasteiger partial charge in [0.05, 0.1) is 35.5 Å². The van der Waals surface area contributed by atoms with Crippen molar-refractivity contribution in [1.82, 2.24) is 19.6 Å². The molecule has 2 aliphatic rings. The Morgan fingerprint density at radius 1 is 1.11 bits per heavy atom. The number of benzene rings is 1. The predicted molar refractivity (Wildman–Crippen MR) is 121 cm³/mol. The third-order valence-corrected chi connectivity index (χ3v) is 7.47. The molecule has 1 aromatic heterocycles. The topological polar surface area (TPSA) is 87.5 Å². The van der Waals surface area contributed by atoms with Crippen LogP contribution in [0.15, 0.2) is 30.6 Å². The maximum atomic E-state index is 13.5. The first kappa shape index (κ1) is 27.2. The van der Waals surface area contributed by atoms with Crippen molar-refractivity contribution < 1.29 is 39.6 Å². The number of nitrogens with zero attached hydrogens (tertiary/aromatic N) is 4. The number of hydrogen-bond acceptors (Lipinski definition) is 5. The average molecular weight is 554 g/mol. The standard InChI is InChI=1S/C22H25F6N5O3S/c1-31(9-15-5-16(21(23,24)25)3-4-19(15)22(26,27)28)18-6-13-10-32(11-14(13)7-18)20(34)33-12-17(8-29-33)30-37(2,35)36/h3-5,8,12-14,18,30H,6-7,9-11H2,1-2H3/t13-,14+,18?. The molecular formula is C22H25F6N5O3S. The normalized spacial score (nSPS) is 22.5. The number of amides is 1. The van der Waals surface area contributed by atoms with Crippen molar-refractivity contribution in [2.24, 2.45) is 11.8 Å². The molecule has 1 aliphatic carbocycles. The Morgan fingerprint density at radius 3 is 2.27 bits per heavy atom. The second-order valence-electron chi connectivity index (χ2n) is 9.66. The number of fused-ring (bicyclic) bond motifs is 1. The van der Waals surface area contributed by atoms with Crippen molar-refractivity contribution in [1.29, 1.82) is 0 Å². The number of rotatable bonds is 5. The van der Waals surface area contributed by atoms with Gasteiger partial charge in [0.15, 0.2) is 0 Å². The molecule has 2 heterocycles. The van der Waals surface area contributed by atoms with E-state index in [1.807, 2.05) is 0 Å². The summed E-state index contributed by atoms with van der Waals surface area (Å²) in [6, 6.07) is 0.896. The zero-order valence-corrected chi connectivity index (χ0v) is 20.7. The molecule has 1 unspecified atom stereocenters. The van der Waals surface area contributed by atoms with Crippen molar-refractivity contribution in [2.75, 3.05) is 31.1 Å². The Kier molecular flexibility index (Phi) is 6.99. The van der Waals surface area contributed by atoms with Gasteiger partial charge in [-0.05, 0) is 55.5 Å². The van der Waals surface area contributed by atoms with Crippen LogP contribution in [-0.2, 0) is 28.9 Å². The van der Waals surface area contributed by atoms with E-state index in [-0.39, 0.29) is 30.1 Å². The van der Waals surface area contributed by atoms with Crippen LogP contribution in [0.3, 0.4) is 0 Å². The van der Waals surface area contributed by atoms with Gasteiger partial charge < -0.3 is 4.90 Å². The summed E-state index contributed by atoms with van der Waals surface area (Å²) in [5.74, 6) is 0.147. The van der Waals surface area contributed by atoms with E-state index in [4.69, 9.17) is 0 Å². The van der Waals surface area contributed by atoms with Crippen LogP contribution in [0.5, 0.6) is 0 Å². The zero-order chi connectivity index (χ0) is 27.3. The molecule has 4 rings (SSSR count). The lowest BCUT2D eigenvalue weighted by Crippen LogP contribution is -2.36. The average Bonchev–Trinajstić information content (AvgIpc) is 3.45. The molecule has 37 heavy (non-hydrogen) atoms. The minimum atomic E-state index is -4.78. The molecule has 1 N–H and O–H groups in total. The van der Waals surface area contributed by atoms with Gasteiger partial charge in [-0.2, -0.15) is 36.1 Å². The SMILES string of the molecule is CN(Cc1cc(C(F)(F)F)ccc1C(F)(F)F)C1C[C@@H]2CN(C(=O)n3cc(NS(C)(=O)=O)cn3)C[C@@H]2C1. The van der Waals surface area contributed by atoms with Crippen molar-refractivity contribution in [3.63, 3.8) is 0 Å². The Hall–Kier alpha value is -2.81. The van der Waals surface area contributed by atoms with E-state index in [2.05, 4.69) is 9.82 Å². The van der Waals surface area contributed by atoms with Gasteiger partial charge in [0.1, 0.15) is 0 Å². The lowest BCUT2D eigenvalue weighted by Gasteiger charge is -2.28. The summed E-state index contributed by atoms with van der Waals surface area (Å²) in [5, 5.41) is 3.90. The van der Waals surface area contributed by atoms with E-state index in [0.29, 0.717) is 44.1 Å². The predicted octanol–water partition coefficient (Wildman–Crippen LogP) is 4.10. The first-order valence-corrected chi connectivity index (χ1v) is 13.2. The Balaban J connectivity index is 1.40. The highest BCUT2D eigenvalue weighted by Gasteiger charge is 2.44. The van der Waals surface area contributed by atoms with Crippen molar-refractivity contribution in [3.05, 3.63) is 47.3 Å². The molecule has 1 aliphatic heterocycles. The van der Waals surface area contributed by atoms with Crippen LogP contribution >= 0.6 is 0 Å². The van der Waals surface area contributed by atoms with Gasteiger partial charge in [0.2, 0.25) is 10.0 Å². The second kappa shape index (κ2) is 9.49. The molecule has 8 nitrogen and oxygen atoms in total. The molecule has 2 fully saturated rings. The first-order chi connectivity index (χ1) is 17.0. The molecule has 2 aromatic rings. The monoisotopic (exact) mass is 553 g/mol. The quantitative estimate of drug-likeness (QED) is 0.564. The largest absolute Gasteiger partial charge is 0.416 e. The van der Waals surface area contributed by atoms with Crippen molar-refractivity contribution in [2.45, 2.75) is 37.8 Å². The number of carbonyl (C=O) groups is 1. The molecule has 0 spiro atoms. The van der Waals surface area contributed by atoms with Crippen molar-refractivity contribution in [3.8, 4) is 0 Å². The fraction of sp³-hybridized carbons (Fsp3) is 0.545. The van der Waals surface area contributed by atoms with Crippen LogP contribution in [0, 0.1) is 11.8 Å². The molecule has 15 heteroatoms. The van der Waals surface area contributed by atoms with Gasteiger partial charge in [0, 0.05) is 25.7 Å². The molecule has 3 atom stereocenters. The van der Waals surface area contributed by atoms with Gasteiger partial charge >= 0.3 is 18.4 Å². The highest BCUT2D eigenvalue weighted by Crippen LogP contribution is 2.42. The summed E-state index contributed by atoms with van der Waals surface area (Å²) in [7, 11) is -1.94. The number of nitrogens with one attached hydrogen (secondary N) is 1. The molecule has 1 saturated carbocycles. The van der Waals surface area contributed by atoms with Crippen LogP contribution in [0.1, 0.15) is 29.5 Å². The van der Waals surface area contributed by atoms with E-state index >= 15 is 0 Å². The smallest absolute Gasteiger partial charge is 0.322 e. The van der Waals surface area contributed by atoms with Gasteiger partial charge in [0.25, 0.3) is 0 Å². The lowest BCUT2D eigenvalue weighted by molar-refractivity contribution is -0.142. The Morgan fingerprint density at radius 2 is 1.73 bits per heavy atom. The third-order valence-electron chi connectivity index (χ3n) is 6.86. The van der Waals surface area contributed by atoms with Gasteiger partial charge in [-0.3, -0.25) is 9.62 Å². The summed E-state index contributed by atoms with van der Waals surface area (Å²) < 4.78 is 106. The van der Waals surface area contributed by atoms with Gasteiger partial charge in [-0.15, -0.1) is 0 Å². The van der Waals surface area contributed by atoms with Crippen LogP contribution in [0.4, 0.5) is 36.8 Å². The van der Waals surface area contributed by atoms with E-state index in [1.54, 1.807) is 16.8 Å². The second-order valence-corrected chi connectivity index (χ2v) is 11.4. The van der Waals surface area contributed by atoms with E-state index in [1.165, 1.54) is 12.4 Å². The fourth-order valence-electron chi connectivity index (χ4n) is 5.20. The number of alkyl halides is 6. The molecule has 1 aromatic carbocycles. The Labute approximate surface area is 209 Å². The van der Waals surface area contributed by atoms with Gasteiger partial charge in [-0.1, -0.05) is 0 Å². The minimum Gasteiger partial charge on any atom is -0.322 e. The fourth-order valence-corrected chi connectivity index (χ4v) is 5.73. The first-order valence-electron chi connectivity index (χ1n) is 11.3. The highest BCUT2D eigenvalue weighted by molar-refractivity contribution is 7.92. The summed E-state index contributed by atoms with van der Waals surface area (Å²) in [4.78, 5) is 16.0. The number of hydrogen-bond donors (Lipinski definition) is 1. The number of anilines is 1. The Bertz CT molecular complexity index is 1260. The number of sulfonamides is 1. The molecule has 1 saturated heterocycles. The molecule has 0 bridgehead atoms. The summed E-state index contributed by atoms with van der Waals surface area (Å²) in [5.41, 5.74) is -2.51. The maximum absolute atomic E-state index is 13.5. The lowest BCUT2D eigenvalue weighted by atomic mass is 10.0.